The highest BCUT2D eigenvalue weighted by Gasteiger charge is 1.90. The van der Waals surface area contributed by atoms with Crippen LogP contribution in [-0.2, 0) is 6.54 Å². The zero-order chi connectivity index (χ0) is 8.10. The number of oxime groups is 1. The molecule has 0 saturated carbocycles. The molecule has 0 bridgehead atoms. The molecule has 1 aromatic carbocycles. The minimum atomic E-state index is 0.451. The van der Waals surface area contributed by atoms with Crippen molar-refractivity contribution in [2.75, 3.05) is 0 Å². The fraction of sp³-hybridized carbons (Fsp3) is 0.125. The second-order valence-corrected chi connectivity index (χ2v) is 2.10. The molecule has 3 N–H and O–H groups in total. The van der Waals surface area contributed by atoms with E-state index in [-0.39, 0.29) is 0 Å². The molecule has 0 aliphatic carbocycles. The van der Waals surface area contributed by atoms with Gasteiger partial charge in [0.2, 0.25) is 0 Å². The molecule has 1 aromatic rings. The van der Waals surface area contributed by atoms with Crippen molar-refractivity contribution in [2.24, 2.45) is 10.9 Å². The molecule has 0 aliphatic rings. The molecule has 0 saturated heterocycles. The van der Waals surface area contributed by atoms with Crippen molar-refractivity contribution in [3.63, 3.8) is 0 Å². The van der Waals surface area contributed by atoms with Crippen LogP contribution in [0.3, 0.4) is 0 Å². The number of hydrogen-bond donors (Lipinski definition) is 2. The number of rotatable bonds is 2. The molecule has 0 aliphatic heterocycles. The Bertz CT molecular complexity index is 258. The van der Waals surface area contributed by atoms with Gasteiger partial charge in [-0.05, 0) is 23.3 Å². The summed E-state index contributed by atoms with van der Waals surface area (Å²) in [4.78, 5) is 0. The lowest BCUT2D eigenvalue weighted by Gasteiger charge is -1.95. The van der Waals surface area contributed by atoms with Gasteiger partial charge in [-0.25, -0.2) is 0 Å². The minimum absolute atomic E-state index is 0.451. The third kappa shape index (κ3) is 2.05. The third-order valence-corrected chi connectivity index (χ3v) is 1.31. The van der Waals surface area contributed by atoms with Crippen molar-refractivity contribution in [3.05, 3.63) is 35.4 Å². The minimum Gasteiger partial charge on any atom is -0.411 e. The van der Waals surface area contributed by atoms with Crippen molar-refractivity contribution in [1.29, 1.82) is 0 Å². The van der Waals surface area contributed by atoms with E-state index >= 15 is 0 Å². The van der Waals surface area contributed by atoms with E-state index in [4.69, 9.17) is 10.9 Å². The highest BCUT2D eigenvalue weighted by Crippen LogP contribution is 2.00. The normalized spacial score (nSPS) is 10.6. The van der Waals surface area contributed by atoms with Crippen molar-refractivity contribution in [3.8, 4) is 0 Å². The van der Waals surface area contributed by atoms with Crippen LogP contribution in [0.15, 0.2) is 23.4 Å². The monoisotopic (exact) mass is 149 g/mol. The lowest BCUT2D eigenvalue weighted by molar-refractivity contribution is 0.322. The molecule has 0 heterocycles. The van der Waals surface area contributed by atoms with Gasteiger partial charge in [0, 0.05) is 6.54 Å². The van der Waals surface area contributed by atoms with Gasteiger partial charge in [0.25, 0.3) is 0 Å². The zero-order valence-electron chi connectivity index (χ0n) is 5.99. The highest BCUT2D eigenvalue weighted by molar-refractivity contribution is 5.79. The smallest absolute Gasteiger partial charge is 0.0733 e. The van der Waals surface area contributed by atoms with Crippen molar-refractivity contribution in [1.82, 2.24) is 0 Å². The van der Waals surface area contributed by atoms with E-state index in [1.807, 2.05) is 6.07 Å². The number of nitrogens with zero attached hydrogens (tertiary/aromatic N) is 1. The second-order valence-electron chi connectivity index (χ2n) is 2.10. The predicted octanol–water partition coefficient (Wildman–Crippen LogP) is 0.754. The van der Waals surface area contributed by atoms with E-state index in [1.165, 1.54) is 6.21 Å². The van der Waals surface area contributed by atoms with Crippen LogP contribution >= 0.6 is 0 Å². The summed E-state index contributed by atoms with van der Waals surface area (Å²) in [7, 11) is 0. The summed E-state index contributed by atoms with van der Waals surface area (Å²) >= 11 is 0. The molecule has 0 spiro atoms. The number of hydrogen-bond acceptors (Lipinski definition) is 3. The van der Waals surface area contributed by atoms with Crippen molar-refractivity contribution < 1.29 is 5.21 Å². The maximum atomic E-state index is 8.21. The summed E-state index contributed by atoms with van der Waals surface area (Å²) in [5.41, 5.74) is 7.11. The molecule has 1 radical (unpaired) electrons. The lowest BCUT2D eigenvalue weighted by Crippen LogP contribution is -1.96. The SMILES string of the molecule is NCc1[c]ccc(C=NO)c1. The summed E-state index contributed by atoms with van der Waals surface area (Å²) in [6, 6.07) is 8.31. The van der Waals surface area contributed by atoms with Crippen LogP contribution in [-0.4, -0.2) is 11.4 Å². The van der Waals surface area contributed by atoms with Crippen LogP contribution in [0.2, 0.25) is 0 Å². The van der Waals surface area contributed by atoms with Gasteiger partial charge in [-0.3, -0.25) is 0 Å². The lowest BCUT2D eigenvalue weighted by atomic mass is 10.1. The molecule has 3 heteroatoms. The second kappa shape index (κ2) is 3.73. The van der Waals surface area contributed by atoms with Crippen molar-refractivity contribution >= 4 is 6.21 Å². The molecule has 0 fully saturated rings. The maximum absolute atomic E-state index is 8.21. The van der Waals surface area contributed by atoms with Crippen LogP contribution in [0.1, 0.15) is 11.1 Å². The van der Waals surface area contributed by atoms with E-state index in [0.717, 1.165) is 11.1 Å². The maximum Gasteiger partial charge on any atom is 0.0733 e. The molecule has 3 nitrogen and oxygen atoms in total. The summed E-state index contributed by atoms with van der Waals surface area (Å²) < 4.78 is 0. The van der Waals surface area contributed by atoms with Crippen molar-refractivity contribution in [2.45, 2.75) is 6.54 Å². The summed E-state index contributed by atoms with van der Waals surface area (Å²) in [6.45, 7) is 0.451. The van der Waals surface area contributed by atoms with Gasteiger partial charge < -0.3 is 10.9 Å². The fourth-order valence-corrected chi connectivity index (χ4v) is 0.801. The van der Waals surface area contributed by atoms with Crippen LogP contribution < -0.4 is 5.73 Å². The van der Waals surface area contributed by atoms with Crippen LogP contribution in [0.4, 0.5) is 0 Å². The van der Waals surface area contributed by atoms with E-state index < -0.39 is 0 Å². The quantitative estimate of drug-likeness (QED) is 0.370. The predicted molar refractivity (Wildman–Crippen MR) is 42.5 cm³/mol. The first-order valence-electron chi connectivity index (χ1n) is 3.25. The van der Waals surface area contributed by atoms with Crippen LogP contribution in [0, 0.1) is 6.07 Å². The molecular weight excluding hydrogens is 140 g/mol. The Labute approximate surface area is 65.1 Å². The third-order valence-electron chi connectivity index (χ3n) is 1.31. The highest BCUT2D eigenvalue weighted by atomic mass is 16.4. The Morgan fingerprint density at radius 1 is 1.73 bits per heavy atom. The first kappa shape index (κ1) is 7.75. The Hall–Kier alpha value is -1.35. The molecule has 57 valence electrons. The van der Waals surface area contributed by atoms with Gasteiger partial charge in [0.1, 0.15) is 0 Å². The van der Waals surface area contributed by atoms with E-state index in [2.05, 4.69) is 11.2 Å². The number of benzene rings is 1. The number of nitrogens with two attached hydrogens (primary N) is 1. The molecule has 11 heavy (non-hydrogen) atoms. The molecule has 0 atom stereocenters. The van der Waals surface area contributed by atoms with E-state index in [1.54, 1.807) is 12.1 Å². The average Bonchev–Trinajstić information content (AvgIpc) is 2.06. The Balaban J connectivity index is 2.91. The summed E-state index contributed by atoms with van der Waals surface area (Å²) in [6.07, 6.45) is 1.35. The topological polar surface area (TPSA) is 58.6 Å². The summed E-state index contributed by atoms with van der Waals surface area (Å²) in [5.74, 6) is 0. The van der Waals surface area contributed by atoms with Gasteiger partial charge in [-0.1, -0.05) is 17.3 Å². The van der Waals surface area contributed by atoms with Gasteiger partial charge in [-0.15, -0.1) is 0 Å². The molecular formula is C8H9N2O. The van der Waals surface area contributed by atoms with Crippen LogP contribution in [0.25, 0.3) is 0 Å². The molecule has 0 amide bonds. The first-order chi connectivity index (χ1) is 5.36. The van der Waals surface area contributed by atoms with Gasteiger partial charge in [0.05, 0.1) is 6.21 Å². The molecule has 0 aromatic heterocycles. The molecule has 1 rings (SSSR count). The van der Waals surface area contributed by atoms with Gasteiger partial charge in [-0.2, -0.15) is 0 Å². The van der Waals surface area contributed by atoms with Gasteiger partial charge >= 0.3 is 0 Å². The molecule has 0 unspecified atom stereocenters. The zero-order valence-corrected chi connectivity index (χ0v) is 5.99. The average molecular weight is 149 g/mol. The summed E-state index contributed by atoms with van der Waals surface area (Å²) in [5, 5.41) is 11.1. The van der Waals surface area contributed by atoms with Gasteiger partial charge in [0.15, 0.2) is 0 Å². The largest absolute Gasteiger partial charge is 0.411 e. The standard InChI is InChI=1S/C8H9N2O/c9-5-7-2-1-3-8(4-7)6-10-11/h1,3-4,6,11H,5,9H2. The fourth-order valence-electron chi connectivity index (χ4n) is 0.801. The first-order valence-corrected chi connectivity index (χ1v) is 3.25. The Morgan fingerprint density at radius 3 is 3.18 bits per heavy atom. The Kier molecular flexibility index (Phi) is 2.63. The Morgan fingerprint density at radius 2 is 2.55 bits per heavy atom. The van der Waals surface area contributed by atoms with Crippen LogP contribution in [0.5, 0.6) is 0 Å². The van der Waals surface area contributed by atoms with E-state index in [0.29, 0.717) is 6.54 Å². The van der Waals surface area contributed by atoms with E-state index in [9.17, 15) is 0 Å².